The van der Waals surface area contributed by atoms with E-state index in [0.29, 0.717) is 12.0 Å². The highest BCUT2D eigenvalue weighted by Gasteiger charge is 2.35. The molecule has 2 heteroatoms. The smallest absolute Gasteiger partial charge is 0.0845 e. The zero-order valence-corrected chi connectivity index (χ0v) is 17.0. The minimum atomic E-state index is -0.396. The molecule has 27 heavy (non-hydrogen) atoms. The van der Waals surface area contributed by atoms with Crippen LogP contribution in [0.25, 0.3) is 0 Å². The number of hydrogen-bond donors (Lipinski definition) is 0. The van der Waals surface area contributed by atoms with Crippen LogP contribution in [0, 0.1) is 17.2 Å². The molecule has 2 aromatic rings. The number of hydrogen-bond acceptors (Lipinski definition) is 2. The maximum Gasteiger partial charge on any atom is 0.0845 e. The Balaban J connectivity index is 1.69. The molecule has 2 aromatic carbocycles. The van der Waals surface area contributed by atoms with Crippen molar-refractivity contribution in [2.24, 2.45) is 5.92 Å². The third-order valence-electron chi connectivity index (χ3n) is 6.43. The molecule has 0 saturated carbocycles. The highest BCUT2D eigenvalue weighted by Crippen LogP contribution is 2.38. The first-order valence-corrected chi connectivity index (χ1v) is 10.3. The van der Waals surface area contributed by atoms with Crippen LogP contribution < -0.4 is 0 Å². The lowest BCUT2D eigenvalue weighted by atomic mass is 9.70. The molecule has 0 N–H and O–H groups in total. The van der Waals surface area contributed by atoms with Gasteiger partial charge in [0.05, 0.1) is 11.5 Å². The highest BCUT2D eigenvalue weighted by atomic mass is 15.1. The second-order valence-electron chi connectivity index (χ2n) is 8.29. The van der Waals surface area contributed by atoms with Gasteiger partial charge in [0.15, 0.2) is 0 Å². The average Bonchev–Trinajstić information content (AvgIpc) is 2.71. The van der Waals surface area contributed by atoms with E-state index < -0.39 is 5.41 Å². The maximum atomic E-state index is 10.1. The van der Waals surface area contributed by atoms with Gasteiger partial charge in [-0.2, -0.15) is 5.26 Å². The van der Waals surface area contributed by atoms with Crippen molar-refractivity contribution < 1.29 is 0 Å². The standard InChI is InChI=1S/C25H32N2/c1-20(2)25(19-26,22-13-5-4-6-14-22)17-10-18-27(3)24-16-9-12-21-11-7-8-15-23(21)24/h4-8,11,13-15,20,24H,9-10,12,16-18H2,1-3H3. The van der Waals surface area contributed by atoms with E-state index in [9.17, 15) is 5.26 Å². The maximum absolute atomic E-state index is 10.1. The van der Waals surface area contributed by atoms with Crippen LogP contribution in [0.15, 0.2) is 54.6 Å². The van der Waals surface area contributed by atoms with E-state index in [1.165, 1.54) is 30.4 Å². The second kappa shape index (κ2) is 8.72. The minimum absolute atomic E-state index is 0.297. The third kappa shape index (κ3) is 4.09. The predicted molar refractivity (Wildman–Crippen MR) is 113 cm³/mol. The van der Waals surface area contributed by atoms with Crippen molar-refractivity contribution in [2.75, 3.05) is 13.6 Å². The number of aryl methyl sites for hydroxylation is 1. The van der Waals surface area contributed by atoms with Crippen LogP contribution in [-0.2, 0) is 11.8 Å². The molecule has 0 spiro atoms. The van der Waals surface area contributed by atoms with E-state index in [1.807, 2.05) is 6.07 Å². The van der Waals surface area contributed by atoms with Crippen LogP contribution in [0.5, 0.6) is 0 Å². The Morgan fingerprint density at radius 1 is 1.11 bits per heavy atom. The van der Waals surface area contributed by atoms with E-state index in [4.69, 9.17) is 0 Å². The highest BCUT2D eigenvalue weighted by molar-refractivity contribution is 5.34. The zero-order valence-electron chi connectivity index (χ0n) is 17.0. The molecule has 142 valence electrons. The first-order valence-electron chi connectivity index (χ1n) is 10.3. The van der Waals surface area contributed by atoms with Gasteiger partial charge in [0.2, 0.25) is 0 Å². The van der Waals surface area contributed by atoms with Gasteiger partial charge < -0.3 is 0 Å². The van der Waals surface area contributed by atoms with Crippen molar-refractivity contribution in [3.8, 4) is 6.07 Å². The van der Waals surface area contributed by atoms with E-state index in [2.05, 4.69) is 80.4 Å². The van der Waals surface area contributed by atoms with Crippen molar-refractivity contribution >= 4 is 0 Å². The fourth-order valence-electron chi connectivity index (χ4n) is 4.70. The Labute approximate surface area is 164 Å². The van der Waals surface area contributed by atoms with Crippen LogP contribution >= 0.6 is 0 Å². The Bertz CT molecular complexity index is 774. The van der Waals surface area contributed by atoms with Gasteiger partial charge in [-0.25, -0.2) is 0 Å². The molecular weight excluding hydrogens is 328 g/mol. The SMILES string of the molecule is CC(C)C(C#N)(CCCN(C)C1CCCc2ccccc21)c1ccccc1. The van der Waals surface area contributed by atoms with Crippen molar-refractivity contribution in [1.29, 1.82) is 5.26 Å². The molecule has 3 rings (SSSR count). The molecule has 1 aliphatic rings. The summed E-state index contributed by atoms with van der Waals surface area (Å²) in [7, 11) is 2.25. The molecule has 2 unspecified atom stereocenters. The van der Waals surface area contributed by atoms with Crippen LogP contribution in [0.4, 0.5) is 0 Å². The molecule has 0 fully saturated rings. The molecule has 2 nitrogen and oxygen atoms in total. The second-order valence-corrected chi connectivity index (χ2v) is 8.29. The Morgan fingerprint density at radius 2 is 1.81 bits per heavy atom. The van der Waals surface area contributed by atoms with Gasteiger partial charge in [-0.15, -0.1) is 0 Å². The topological polar surface area (TPSA) is 27.0 Å². The Morgan fingerprint density at radius 3 is 2.52 bits per heavy atom. The van der Waals surface area contributed by atoms with Crippen LogP contribution in [-0.4, -0.2) is 18.5 Å². The van der Waals surface area contributed by atoms with E-state index >= 15 is 0 Å². The van der Waals surface area contributed by atoms with E-state index in [1.54, 1.807) is 0 Å². The molecule has 0 aromatic heterocycles. The lowest BCUT2D eigenvalue weighted by Crippen LogP contribution is -2.33. The van der Waals surface area contributed by atoms with Crippen molar-refractivity contribution in [2.45, 2.75) is 57.4 Å². The summed E-state index contributed by atoms with van der Waals surface area (Å²) < 4.78 is 0. The molecule has 1 aliphatic carbocycles. The largest absolute Gasteiger partial charge is 0.299 e. The quantitative estimate of drug-likeness (QED) is 0.615. The molecule has 2 atom stereocenters. The normalized spacial score (nSPS) is 18.7. The monoisotopic (exact) mass is 360 g/mol. The molecule has 0 bridgehead atoms. The molecule has 0 aliphatic heterocycles. The summed E-state index contributed by atoms with van der Waals surface area (Å²) in [5.41, 5.74) is 3.78. The number of benzene rings is 2. The number of fused-ring (bicyclic) bond motifs is 1. The fourth-order valence-corrected chi connectivity index (χ4v) is 4.70. The summed E-state index contributed by atoms with van der Waals surface area (Å²) in [6.07, 6.45) is 5.66. The van der Waals surface area contributed by atoms with Gasteiger partial charge in [-0.1, -0.05) is 68.4 Å². The van der Waals surface area contributed by atoms with Gasteiger partial charge in [-0.3, -0.25) is 4.90 Å². The van der Waals surface area contributed by atoms with Crippen LogP contribution in [0.1, 0.15) is 62.3 Å². The first kappa shape index (κ1) is 19.6. The van der Waals surface area contributed by atoms with Gasteiger partial charge in [0, 0.05) is 6.04 Å². The van der Waals surface area contributed by atoms with E-state index in [0.717, 1.165) is 24.9 Å². The van der Waals surface area contributed by atoms with Gasteiger partial charge in [0.25, 0.3) is 0 Å². The van der Waals surface area contributed by atoms with Crippen molar-refractivity contribution in [3.05, 3.63) is 71.3 Å². The molecule has 0 radical (unpaired) electrons. The number of rotatable bonds is 7. The number of nitriles is 1. The Kier molecular flexibility index (Phi) is 6.34. The summed E-state index contributed by atoms with van der Waals surface area (Å²) in [5, 5.41) is 10.1. The minimum Gasteiger partial charge on any atom is -0.299 e. The van der Waals surface area contributed by atoms with Gasteiger partial charge in [-0.05, 0) is 68.3 Å². The Hall–Kier alpha value is -2.11. The van der Waals surface area contributed by atoms with Crippen LogP contribution in [0.2, 0.25) is 0 Å². The lowest BCUT2D eigenvalue weighted by Gasteiger charge is -2.35. The van der Waals surface area contributed by atoms with Crippen molar-refractivity contribution in [3.63, 3.8) is 0 Å². The fraction of sp³-hybridized carbons (Fsp3) is 0.480. The zero-order chi connectivity index (χ0) is 19.3. The summed E-state index contributed by atoms with van der Waals surface area (Å²) in [6, 6.07) is 22.5. The summed E-state index contributed by atoms with van der Waals surface area (Å²) in [6.45, 7) is 5.39. The first-order chi connectivity index (χ1) is 13.1. The van der Waals surface area contributed by atoms with E-state index in [-0.39, 0.29) is 0 Å². The molecular formula is C25H32N2. The van der Waals surface area contributed by atoms with Crippen LogP contribution in [0.3, 0.4) is 0 Å². The lowest BCUT2D eigenvalue weighted by molar-refractivity contribution is 0.208. The van der Waals surface area contributed by atoms with Crippen molar-refractivity contribution in [1.82, 2.24) is 4.90 Å². The summed E-state index contributed by atoms with van der Waals surface area (Å²) in [5.74, 6) is 0.297. The average molecular weight is 361 g/mol. The van der Waals surface area contributed by atoms with Gasteiger partial charge in [0.1, 0.15) is 0 Å². The van der Waals surface area contributed by atoms with Gasteiger partial charge >= 0.3 is 0 Å². The molecule has 0 amide bonds. The molecule has 0 heterocycles. The summed E-state index contributed by atoms with van der Waals surface area (Å²) >= 11 is 0. The predicted octanol–water partition coefficient (Wildman–Crippen LogP) is 5.89. The summed E-state index contributed by atoms with van der Waals surface area (Å²) in [4.78, 5) is 2.51. The number of nitrogens with zero attached hydrogens (tertiary/aromatic N) is 2. The third-order valence-corrected chi connectivity index (χ3v) is 6.43. The molecule has 0 saturated heterocycles.